The summed E-state index contributed by atoms with van der Waals surface area (Å²) in [7, 11) is 1.64. The van der Waals surface area contributed by atoms with Crippen molar-refractivity contribution in [2.24, 2.45) is 7.05 Å². The summed E-state index contributed by atoms with van der Waals surface area (Å²) in [6.07, 6.45) is 0.347. The van der Waals surface area contributed by atoms with Crippen LogP contribution in [-0.2, 0) is 29.7 Å². The van der Waals surface area contributed by atoms with Gasteiger partial charge in [-0.25, -0.2) is 4.79 Å². The van der Waals surface area contributed by atoms with Gasteiger partial charge < -0.3 is 9.30 Å². The second-order valence-electron chi connectivity index (χ2n) is 7.98. The first-order chi connectivity index (χ1) is 16.3. The van der Waals surface area contributed by atoms with Crippen LogP contribution in [0.1, 0.15) is 18.9 Å². The molecular formula is C25H23Cl2N3O4. The summed E-state index contributed by atoms with van der Waals surface area (Å²) in [5.74, 6) is -0.404. The van der Waals surface area contributed by atoms with Crippen LogP contribution in [0.3, 0.4) is 0 Å². The minimum absolute atomic E-state index is 0.127. The van der Waals surface area contributed by atoms with E-state index in [0.29, 0.717) is 34.0 Å². The van der Waals surface area contributed by atoms with E-state index in [9.17, 15) is 14.4 Å². The zero-order valence-electron chi connectivity index (χ0n) is 18.8. The molecule has 2 heterocycles. The molecule has 0 saturated heterocycles. The van der Waals surface area contributed by atoms with Crippen molar-refractivity contribution in [3.05, 3.63) is 91.0 Å². The first kappa shape index (κ1) is 23.9. The summed E-state index contributed by atoms with van der Waals surface area (Å²) in [4.78, 5) is 37.6. The molecule has 0 N–H and O–H groups in total. The van der Waals surface area contributed by atoms with E-state index < -0.39 is 17.2 Å². The summed E-state index contributed by atoms with van der Waals surface area (Å²) >= 11 is 12.3. The van der Waals surface area contributed by atoms with Crippen LogP contribution in [0.4, 0.5) is 0 Å². The Hall–Kier alpha value is -3.29. The van der Waals surface area contributed by atoms with Crippen molar-refractivity contribution in [1.82, 2.24) is 13.7 Å². The number of nitrogens with zero attached hydrogens (tertiary/aromatic N) is 3. The normalized spacial score (nSPS) is 11.2. The van der Waals surface area contributed by atoms with Crippen LogP contribution in [0.2, 0.25) is 10.0 Å². The zero-order chi connectivity index (χ0) is 24.4. The molecule has 0 aliphatic heterocycles. The molecule has 7 nitrogen and oxygen atoms in total. The van der Waals surface area contributed by atoms with Gasteiger partial charge in [0.2, 0.25) is 0 Å². The minimum Gasteiger partial charge on any atom is -0.466 e. The fourth-order valence-electron chi connectivity index (χ4n) is 3.97. The molecule has 0 aliphatic rings. The maximum atomic E-state index is 13.6. The number of aromatic nitrogens is 3. The number of rotatable bonds is 7. The number of benzene rings is 2. The molecule has 34 heavy (non-hydrogen) atoms. The lowest BCUT2D eigenvalue weighted by Gasteiger charge is -2.13. The van der Waals surface area contributed by atoms with Crippen molar-refractivity contribution >= 4 is 40.2 Å². The molecule has 4 rings (SSSR count). The van der Waals surface area contributed by atoms with Crippen molar-refractivity contribution in [3.63, 3.8) is 0 Å². The van der Waals surface area contributed by atoms with E-state index in [2.05, 4.69) is 0 Å². The summed E-state index contributed by atoms with van der Waals surface area (Å²) in [5, 5.41) is 1.19. The fourth-order valence-corrected chi connectivity index (χ4v) is 4.29. The van der Waals surface area contributed by atoms with E-state index in [1.165, 1.54) is 16.1 Å². The Morgan fingerprint density at radius 2 is 1.71 bits per heavy atom. The Labute approximate surface area is 205 Å². The van der Waals surface area contributed by atoms with Crippen molar-refractivity contribution in [3.8, 4) is 11.3 Å². The van der Waals surface area contributed by atoms with Gasteiger partial charge in [-0.05, 0) is 47.9 Å². The number of halogens is 2. The van der Waals surface area contributed by atoms with Gasteiger partial charge in [-0.1, -0.05) is 47.5 Å². The predicted molar refractivity (Wildman–Crippen MR) is 134 cm³/mol. The van der Waals surface area contributed by atoms with Crippen LogP contribution < -0.4 is 11.2 Å². The molecule has 0 bridgehead atoms. The van der Waals surface area contributed by atoms with Crippen LogP contribution in [0.15, 0.2) is 64.2 Å². The van der Waals surface area contributed by atoms with E-state index >= 15 is 0 Å². The van der Waals surface area contributed by atoms with Gasteiger partial charge in [0.25, 0.3) is 5.56 Å². The van der Waals surface area contributed by atoms with E-state index in [1.807, 2.05) is 41.0 Å². The highest BCUT2D eigenvalue weighted by Gasteiger charge is 2.20. The lowest BCUT2D eigenvalue weighted by Crippen LogP contribution is -2.39. The summed E-state index contributed by atoms with van der Waals surface area (Å²) < 4.78 is 9.51. The second-order valence-corrected chi connectivity index (χ2v) is 8.85. The Morgan fingerprint density at radius 1 is 0.971 bits per heavy atom. The number of aryl methyl sites for hydroxylation is 1. The third-order valence-electron chi connectivity index (χ3n) is 5.61. The van der Waals surface area contributed by atoms with Crippen molar-refractivity contribution < 1.29 is 9.53 Å². The first-order valence-corrected chi connectivity index (χ1v) is 11.5. The standard InChI is InChI=1S/C25H23Cl2N3O4/c1-16(31)34-12-4-11-29-24(32)23-22(28(2)25(29)33)14-21(18-5-3-6-20(27)13-18)30(23)15-17-7-9-19(26)10-8-17/h3,5-10,13-14H,4,11-12,15H2,1-2H3. The summed E-state index contributed by atoms with van der Waals surface area (Å²) in [6.45, 7) is 1.97. The van der Waals surface area contributed by atoms with Gasteiger partial charge in [-0.2, -0.15) is 0 Å². The largest absolute Gasteiger partial charge is 0.466 e. The van der Waals surface area contributed by atoms with Gasteiger partial charge in [0.1, 0.15) is 5.52 Å². The molecular weight excluding hydrogens is 477 g/mol. The molecule has 0 aliphatic carbocycles. The molecule has 4 aromatic rings. The average molecular weight is 500 g/mol. The maximum absolute atomic E-state index is 13.6. The van der Waals surface area contributed by atoms with Crippen molar-refractivity contribution in [2.45, 2.75) is 26.4 Å². The quantitative estimate of drug-likeness (QED) is 0.277. The molecule has 9 heteroatoms. The van der Waals surface area contributed by atoms with Gasteiger partial charge in [0, 0.05) is 37.1 Å². The highest BCUT2D eigenvalue weighted by Crippen LogP contribution is 2.29. The number of hydrogen-bond donors (Lipinski definition) is 0. The lowest BCUT2D eigenvalue weighted by atomic mass is 10.1. The average Bonchev–Trinajstić information content (AvgIpc) is 3.18. The maximum Gasteiger partial charge on any atom is 0.331 e. The van der Waals surface area contributed by atoms with E-state index in [-0.39, 0.29) is 13.2 Å². The Balaban J connectivity index is 1.91. The number of hydrogen-bond acceptors (Lipinski definition) is 4. The Morgan fingerprint density at radius 3 is 2.38 bits per heavy atom. The van der Waals surface area contributed by atoms with Crippen molar-refractivity contribution in [1.29, 1.82) is 0 Å². The molecule has 0 radical (unpaired) electrons. The predicted octanol–water partition coefficient (Wildman–Crippen LogP) is 4.48. The molecule has 176 valence electrons. The lowest BCUT2D eigenvalue weighted by molar-refractivity contribution is -0.141. The van der Waals surface area contributed by atoms with Crippen LogP contribution in [0, 0.1) is 0 Å². The summed E-state index contributed by atoms with van der Waals surface area (Å²) in [6, 6.07) is 16.6. The molecule has 2 aromatic heterocycles. The van der Waals surface area contributed by atoms with Crippen LogP contribution in [0.25, 0.3) is 22.3 Å². The van der Waals surface area contributed by atoms with E-state index in [1.54, 1.807) is 25.2 Å². The molecule has 0 fully saturated rings. The van der Waals surface area contributed by atoms with Gasteiger partial charge in [-0.3, -0.25) is 18.7 Å². The number of fused-ring (bicyclic) bond motifs is 1. The Bertz CT molecular complexity index is 1480. The van der Waals surface area contributed by atoms with Crippen molar-refractivity contribution in [2.75, 3.05) is 6.61 Å². The zero-order valence-corrected chi connectivity index (χ0v) is 20.3. The van der Waals surface area contributed by atoms with Crippen LogP contribution >= 0.6 is 23.2 Å². The number of esters is 1. The third-order valence-corrected chi connectivity index (χ3v) is 6.10. The monoisotopic (exact) mass is 499 g/mol. The fraction of sp³-hybridized carbons (Fsp3) is 0.240. The molecule has 0 unspecified atom stereocenters. The SMILES string of the molecule is CC(=O)OCCCn1c(=O)c2c(cc(-c3cccc(Cl)c3)n2Cc2ccc(Cl)cc2)n(C)c1=O. The minimum atomic E-state index is -0.429. The smallest absolute Gasteiger partial charge is 0.331 e. The second kappa shape index (κ2) is 9.91. The van der Waals surface area contributed by atoms with E-state index in [4.69, 9.17) is 27.9 Å². The highest BCUT2D eigenvalue weighted by atomic mass is 35.5. The summed E-state index contributed by atoms with van der Waals surface area (Å²) in [5.41, 5.74) is 2.63. The molecule has 0 spiro atoms. The number of carbonyl (C=O) groups excluding carboxylic acids is 1. The van der Waals surface area contributed by atoms with E-state index in [0.717, 1.165) is 16.8 Å². The van der Waals surface area contributed by atoms with Gasteiger partial charge >= 0.3 is 11.7 Å². The van der Waals surface area contributed by atoms with Crippen LogP contribution in [0.5, 0.6) is 0 Å². The molecule has 0 amide bonds. The molecule has 0 atom stereocenters. The van der Waals surface area contributed by atoms with Gasteiger partial charge in [-0.15, -0.1) is 0 Å². The first-order valence-electron chi connectivity index (χ1n) is 10.7. The van der Waals surface area contributed by atoms with Crippen LogP contribution in [-0.4, -0.2) is 26.3 Å². The third kappa shape index (κ3) is 4.81. The Kier molecular flexibility index (Phi) is 6.95. The van der Waals surface area contributed by atoms with Gasteiger partial charge in [0.15, 0.2) is 0 Å². The molecule has 2 aromatic carbocycles. The van der Waals surface area contributed by atoms with Gasteiger partial charge in [0.05, 0.1) is 17.8 Å². The highest BCUT2D eigenvalue weighted by molar-refractivity contribution is 6.31. The molecule has 0 saturated carbocycles. The topological polar surface area (TPSA) is 75.2 Å². The number of carbonyl (C=O) groups is 1. The number of ether oxygens (including phenoxy) is 1.